The molecule has 1 rings (SSSR count). The summed E-state index contributed by atoms with van der Waals surface area (Å²) in [7, 11) is 0. The Labute approximate surface area is 55.6 Å². The Balaban J connectivity index is 2.28. The number of allylic oxidation sites excluding steroid dienone is 3. The Morgan fingerprint density at radius 1 is 1.22 bits per heavy atom. The first kappa shape index (κ1) is 6.36. The molecule has 2 heteroatoms. The SMILES string of the molecule is C1=C\CCCNN\C=C/1. The molecule has 2 N–H and O–H groups in total. The number of hydrazine groups is 1. The molecule has 9 heavy (non-hydrogen) atoms. The van der Waals surface area contributed by atoms with Gasteiger partial charge in [-0.05, 0) is 18.9 Å². The zero-order chi connectivity index (χ0) is 6.36. The average molecular weight is 124 g/mol. The molecule has 0 amide bonds. The maximum atomic E-state index is 3.05. The van der Waals surface area contributed by atoms with E-state index in [-0.39, 0.29) is 0 Å². The highest BCUT2D eigenvalue weighted by atomic mass is 15.3. The minimum Gasteiger partial charge on any atom is -0.329 e. The zero-order valence-electron chi connectivity index (χ0n) is 5.43. The molecule has 0 saturated carbocycles. The van der Waals surface area contributed by atoms with Crippen molar-refractivity contribution in [1.29, 1.82) is 0 Å². The van der Waals surface area contributed by atoms with Crippen LogP contribution < -0.4 is 10.9 Å². The van der Waals surface area contributed by atoms with Gasteiger partial charge in [0.25, 0.3) is 0 Å². The Morgan fingerprint density at radius 2 is 2.22 bits per heavy atom. The van der Waals surface area contributed by atoms with Crippen molar-refractivity contribution in [1.82, 2.24) is 10.9 Å². The van der Waals surface area contributed by atoms with Crippen LogP contribution in [0.15, 0.2) is 24.4 Å². The Morgan fingerprint density at radius 3 is 3.22 bits per heavy atom. The lowest BCUT2D eigenvalue weighted by Gasteiger charge is -1.99. The second-order valence-corrected chi connectivity index (χ2v) is 2.00. The molecule has 0 aromatic carbocycles. The number of hydrogen-bond donors (Lipinski definition) is 2. The maximum Gasteiger partial charge on any atom is 0.0150 e. The first-order chi connectivity index (χ1) is 4.50. The van der Waals surface area contributed by atoms with E-state index in [9.17, 15) is 0 Å². The summed E-state index contributed by atoms with van der Waals surface area (Å²) in [5, 5.41) is 0. The number of nitrogens with one attached hydrogen (secondary N) is 2. The van der Waals surface area contributed by atoms with E-state index in [1.54, 1.807) is 0 Å². The van der Waals surface area contributed by atoms with Crippen LogP contribution in [0.3, 0.4) is 0 Å². The predicted molar refractivity (Wildman–Crippen MR) is 38.7 cm³/mol. The van der Waals surface area contributed by atoms with Gasteiger partial charge < -0.3 is 5.43 Å². The van der Waals surface area contributed by atoms with Gasteiger partial charge in [0.2, 0.25) is 0 Å². The molecule has 0 unspecified atom stereocenters. The quantitative estimate of drug-likeness (QED) is 0.502. The average Bonchev–Trinajstić information content (AvgIpc) is 2.00. The van der Waals surface area contributed by atoms with Gasteiger partial charge in [0.05, 0.1) is 0 Å². The number of rotatable bonds is 0. The lowest BCUT2D eigenvalue weighted by atomic mass is 10.3. The summed E-state index contributed by atoms with van der Waals surface area (Å²) in [6.45, 7) is 1.04. The Kier molecular flexibility index (Phi) is 2.93. The first-order valence-corrected chi connectivity index (χ1v) is 3.30. The fraction of sp³-hybridized carbons (Fsp3) is 0.429. The summed E-state index contributed by atoms with van der Waals surface area (Å²) in [4.78, 5) is 0. The van der Waals surface area contributed by atoms with Crippen molar-refractivity contribution in [2.75, 3.05) is 6.54 Å². The zero-order valence-corrected chi connectivity index (χ0v) is 5.43. The van der Waals surface area contributed by atoms with E-state index in [1.165, 1.54) is 12.8 Å². The van der Waals surface area contributed by atoms with Gasteiger partial charge in [0.15, 0.2) is 0 Å². The standard InChI is InChI=1S/C7H12N2/c1-2-4-6-8-9-7-5-3-1/h1-2,4,6,8-9H,3,5,7H2/b2-1-,6-4-. The van der Waals surface area contributed by atoms with E-state index in [0.717, 1.165) is 6.54 Å². The molecule has 0 radical (unpaired) electrons. The van der Waals surface area contributed by atoms with Crippen LogP contribution in [0.4, 0.5) is 0 Å². The highest BCUT2D eigenvalue weighted by Gasteiger charge is 1.83. The summed E-state index contributed by atoms with van der Waals surface area (Å²) in [6, 6.07) is 0. The van der Waals surface area contributed by atoms with Crippen molar-refractivity contribution in [2.45, 2.75) is 12.8 Å². The van der Waals surface area contributed by atoms with Crippen LogP contribution in [-0.4, -0.2) is 6.54 Å². The van der Waals surface area contributed by atoms with Gasteiger partial charge >= 0.3 is 0 Å². The molecule has 0 aromatic heterocycles. The van der Waals surface area contributed by atoms with Gasteiger partial charge in [-0.3, -0.25) is 0 Å². The topological polar surface area (TPSA) is 24.1 Å². The number of hydrogen-bond acceptors (Lipinski definition) is 2. The molecule has 1 aliphatic heterocycles. The molecule has 0 aliphatic carbocycles. The van der Waals surface area contributed by atoms with Crippen molar-refractivity contribution in [3.63, 3.8) is 0 Å². The lowest BCUT2D eigenvalue weighted by Crippen LogP contribution is -2.27. The first-order valence-electron chi connectivity index (χ1n) is 3.30. The predicted octanol–water partition coefficient (Wildman–Crippen LogP) is 0.944. The second kappa shape index (κ2) is 4.15. The van der Waals surface area contributed by atoms with Crippen molar-refractivity contribution in [3.8, 4) is 0 Å². The van der Waals surface area contributed by atoms with Crippen molar-refractivity contribution >= 4 is 0 Å². The lowest BCUT2D eigenvalue weighted by molar-refractivity contribution is 0.604. The van der Waals surface area contributed by atoms with Crippen LogP contribution in [0.25, 0.3) is 0 Å². The third-order valence-corrected chi connectivity index (χ3v) is 1.20. The van der Waals surface area contributed by atoms with Gasteiger partial charge in [0, 0.05) is 12.7 Å². The third-order valence-electron chi connectivity index (χ3n) is 1.20. The van der Waals surface area contributed by atoms with Gasteiger partial charge in [-0.25, -0.2) is 5.43 Å². The minimum atomic E-state index is 1.04. The highest BCUT2D eigenvalue weighted by Crippen LogP contribution is 1.90. The van der Waals surface area contributed by atoms with Crippen LogP contribution in [0.2, 0.25) is 0 Å². The second-order valence-electron chi connectivity index (χ2n) is 2.00. The van der Waals surface area contributed by atoms with Crippen LogP contribution in [0, 0.1) is 0 Å². The van der Waals surface area contributed by atoms with E-state index in [4.69, 9.17) is 0 Å². The molecule has 0 aromatic rings. The third kappa shape index (κ3) is 2.93. The summed E-state index contributed by atoms with van der Waals surface area (Å²) in [6.07, 6.45) is 10.5. The highest BCUT2D eigenvalue weighted by molar-refractivity contribution is 5.01. The molecular formula is C7H12N2. The van der Waals surface area contributed by atoms with Gasteiger partial charge in [-0.2, -0.15) is 0 Å². The molecule has 0 atom stereocenters. The van der Waals surface area contributed by atoms with Gasteiger partial charge in [0.1, 0.15) is 0 Å². The van der Waals surface area contributed by atoms with Crippen LogP contribution in [0.5, 0.6) is 0 Å². The van der Waals surface area contributed by atoms with Gasteiger partial charge in [-0.1, -0.05) is 12.2 Å². The van der Waals surface area contributed by atoms with Gasteiger partial charge in [-0.15, -0.1) is 0 Å². The molecule has 0 bridgehead atoms. The Bertz CT molecular complexity index is 102. The molecule has 50 valence electrons. The van der Waals surface area contributed by atoms with Crippen LogP contribution >= 0.6 is 0 Å². The fourth-order valence-electron chi connectivity index (χ4n) is 0.718. The largest absolute Gasteiger partial charge is 0.329 e. The molecule has 1 aliphatic rings. The molecule has 0 fully saturated rings. The normalized spacial score (nSPS) is 26.7. The van der Waals surface area contributed by atoms with Crippen LogP contribution in [-0.2, 0) is 0 Å². The summed E-state index contributed by atoms with van der Waals surface area (Å²) in [5.74, 6) is 0. The van der Waals surface area contributed by atoms with E-state index >= 15 is 0 Å². The van der Waals surface area contributed by atoms with Crippen LogP contribution in [0.1, 0.15) is 12.8 Å². The van der Waals surface area contributed by atoms with Crippen molar-refractivity contribution < 1.29 is 0 Å². The summed E-state index contributed by atoms with van der Waals surface area (Å²) < 4.78 is 0. The van der Waals surface area contributed by atoms with Crippen molar-refractivity contribution in [3.05, 3.63) is 24.4 Å². The summed E-state index contributed by atoms with van der Waals surface area (Å²) >= 11 is 0. The maximum absolute atomic E-state index is 3.05. The Hall–Kier alpha value is -0.760. The van der Waals surface area contributed by atoms with E-state index in [2.05, 4.69) is 23.0 Å². The monoisotopic (exact) mass is 124 g/mol. The van der Waals surface area contributed by atoms with Crippen molar-refractivity contribution in [2.24, 2.45) is 0 Å². The molecule has 0 saturated heterocycles. The molecule has 0 spiro atoms. The summed E-state index contributed by atoms with van der Waals surface area (Å²) in [5.41, 5.74) is 6.00. The van der Waals surface area contributed by atoms with E-state index < -0.39 is 0 Å². The van der Waals surface area contributed by atoms with E-state index in [0.29, 0.717) is 0 Å². The minimum absolute atomic E-state index is 1.04. The molecular weight excluding hydrogens is 112 g/mol. The molecule has 1 heterocycles. The fourth-order valence-corrected chi connectivity index (χ4v) is 0.718. The molecule has 2 nitrogen and oxygen atoms in total. The van der Waals surface area contributed by atoms with E-state index in [1.807, 2.05) is 12.3 Å². The smallest absolute Gasteiger partial charge is 0.0150 e.